The van der Waals surface area contributed by atoms with Crippen molar-refractivity contribution >= 4 is 50.3 Å². The average molecular weight is 804 g/mol. The molecule has 5 rings (SSSR count). The number of methoxy groups -OCH3 is 6. The molecule has 8 N–H and O–H groups in total. The summed E-state index contributed by atoms with van der Waals surface area (Å²) < 4.78 is 40.9. The summed E-state index contributed by atoms with van der Waals surface area (Å²) in [6, 6.07) is 28.7. The van der Waals surface area contributed by atoms with Crippen molar-refractivity contribution in [3.63, 3.8) is 0 Å². The summed E-state index contributed by atoms with van der Waals surface area (Å²) in [5.41, 5.74) is 1.38. The molecule has 0 unspecified atom stereocenters. The predicted octanol–water partition coefficient (Wildman–Crippen LogP) is -0.292. The Morgan fingerprint density at radius 2 is 0.810 bits per heavy atom. The SMILES string of the molecule is CCOc1ccc(B(O)O)cc1.COc1cc(B(O)O)cc(OC)c1OC.COc1cc(OC)c(B(O)O)c(OC)c1.OB(O)c1ccc(Oc2ccccc2)cc1. The van der Waals surface area contributed by atoms with Crippen LogP contribution in [-0.4, -0.2) is 118 Å². The second-order valence-corrected chi connectivity index (χ2v) is 11.4. The minimum Gasteiger partial charge on any atom is -0.497 e. The van der Waals surface area contributed by atoms with Crippen molar-refractivity contribution in [1.29, 1.82) is 0 Å². The van der Waals surface area contributed by atoms with Gasteiger partial charge in [0.2, 0.25) is 5.75 Å². The molecule has 0 fully saturated rings. The molecule has 0 aromatic heterocycles. The molecule has 0 aliphatic rings. The van der Waals surface area contributed by atoms with Gasteiger partial charge in [0.05, 0.1) is 54.7 Å². The Hall–Kier alpha value is -5.56. The van der Waals surface area contributed by atoms with Gasteiger partial charge < -0.3 is 78.1 Å². The van der Waals surface area contributed by atoms with Crippen LogP contribution >= 0.6 is 0 Å². The summed E-state index contributed by atoms with van der Waals surface area (Å²) in [5.74, 6) is 4.48. The lowest BCUT2D eigenvalue weighted by molar-refractivity contribution is 0.324. The van der Waals surface area contributed by atoms with Crippen LogP contribution in [0.4, 0.5) is 0 Å². The highest BCUT2D eigenvalue weighted by atomic mass is 16.5. The third kappa shape index (κ3) is 15.4. The molecule has 0 atom stereocenters. The Bertz CT molecular complexity index is 1850. The Balaban J connectivity index is 0.000000268. The van der Waals surface area contributed by atoms with Crippen LogP contribution in [0.25, 0.3) is 0 Å². The van der Waals surface area contributed by atoms with Crippen LogP contribution in [0.2, 0.25) is 0 Å². The standard InChI is InChI=1S/C12H11BO3.2C9H13BO5.C8H11BO3/c14-13(15)10-6-8-12(9-7-10)16-11-4-2-1-3-5-11;1-13-6-4-7(14-2)9(10(11)12)8(5-6)15-3;1-13-7-4-6(10(11)12)5-8(14-2)9(7)15-3;1-2-12-8-5-3-7(4-6-8)9(10)11/h1-9,14-15H;2*4-5,11-12H,1-3H3;3-6,10-11H,2H2,1H3. The van der Waals surface area contributed by atoms with E-state index in [9.17, 15) is 0 Å². The summed E-state index contributed by atoms with van der Waals surface area (Å²) in [6.45, 7) is 2.51. The van der Waals surface area contributed by atoms with Gasteiger partial charge in [-0.15, -0.1) is 0 Å². The van der Waals surface area contributed by atoms with Crippen molar-refractivity contribution < 1.29 is 78.1 Å². The third-order valence-electron chi connectivity index (χ3n) is 7.64. The van der Waals surface area contributed by atoms with Gasteiger partial charge in [0.1, 0.15) is 34.5 Å². The first kappa shape index (κ1) is 48.6. The maximum absolute atomic E-state index is 9.17. The second kappa shape index (κ2) is 25.6. The van der Waals surface area contributed by atoms with E-state index in [1.165, 1.54) is 54.8 Å². The van der Waals surface area contributed by atoms with E-state index in [2.05, 4.69) is 0 Å². The fourth-order valence-corrected chi connectivity index (χ4v) is 4.77. The molecule has 0 amide bonds. The molecule has 0 aliphatic carbocycles. The Morgan fingerprint density at radius 3 is 1.16 bits per heavy atom. The maximum atomic E-state index is 9.17. The minimum atomic E-state index is -1.65. The number of hydrogen-bond acceptors (Lipinski definition) is 16. The fourth-order valence-electron chi connectivity index (χ4n) is 4.77. The molecule has 5 aromatic carbocycles. The summed E-state index contributed by atoms with van der Waals surface area (Å²) in [6.07, 6.45) is 0. The molecule has 308 valence electrons. The van der Waals surface area contributed by atoms with Crippen molar-refractivity contribution in [3.05, 3.63) is 103 Å². The lowest BCUT2D eigenvalue weighted by Gasteiger charge is -2.14. The molecule has 5 aromatic rings. The summed E-state index contributed by atoms with van der Waals surface area (Å²) in [5, 5.41) is 71.8. The van der Waals surface area contributed by atoms with Gasteiger partial charge in [0.15, 0.2) is 11.5 Å². The fraction of sp³-hybridized carbons (Fsp3) is 0.211. The molecular weight excluding hydrogens is 756 g/mol. The van der Waals surface area contributed by atoms with Crippen LogP contribution in [0, 0.1) is 0 Å². The minimum absolute atomic E-state index is 0.181. The van der Waals surface area contributed by atoms with E-state index in [0.717, 1.165) is 11.5 Å². The van der Waals surface area contributed by atoms with Crippen molar-refractivity contribution in [2.45, 2.75) is 6.92 Å². The molecule has 0 heterocycles. The van der Waals surface area contributed by atoms with Crippen LogP contribution in [0.1, 0.15) is 6.92 Å². The highest BCUT2D eigenvalue weighted by Crippen LogP contribution is 2.35. The number of hydrogen-bond donors (Lipinski definition) is 8. The number of para-hydroxylation sites is 1. The summed E-state index contributed by atoms with van der Waals surface area (Å²) >= 11 is 0. The van der Waals surface area contributed by atoms with E-state index < -0.39 is 28.5 Å². The van der Waals surface area contributed by atoms with Crippen LogP contribution in [0.5, 0.6) is 51.7 Å². The van der Waals surface area contributed by atoms with E-state index in [0.29, 0.717) is 57.8 Å². The van der Waals surface area contributed by atoms with Crippen LogP contribution < -0.4 is 59.7 Å². The van der Waals surface area contributed by atoms with E-state index in [-0.39, 0.29) is 10.9 Å². The molecule has 0 spiro atoms. The molecular formula is C38H48B4O16. The largest absolute Gasteiger partial charge is 0.497 e. The maximum Gasteiger partial charge on any atom is 0.496 e. The molecule has 0 radical (unpaired) electrons. The zero-order chi connectivity index (χ0) is 43.2. The summed E-state index contributed by atoms with van der Waals surface area (Å²) in [4.78, 5) is 0. The smallest absolute Gasteiger partial charge is 0.496 e. The molecule has 0 bridgehead atoms. The van der Waals surface area contributed by atoms with Crippen LogP contribution in [0.3, 0.4) is 0 Å². The first-order chi connectivity index (χ1) is 27.8. The topological polar surface area (TPSA) is 236 Å². The highest BCUT2D eigenvalue weighted by molar-refractivity contribution is 6.61. The normalized spacial score (nSPS) is 9.71. The highest BCUT2D eigenvalue weighted by Gasteiger charge is 2.24. The average Bonchev–Trinajstić information content (AvgIpc) is 3.23. The molecule has 16 nitrogen and oxygen atoms in total. The second-order valence-electron chi connectivity index (χ2n) is 11.4. The number of benzene rings is 5. The molecule has 58 heavy (non-hydrogen) atoms. The lowest BCUT2D eigenvalue weighted by Crippen LogP contribution is -2.32. The molecule has 20 heteroatoms. The quantitative estimate of drug-likeness (QED) is 0.0674. The Labute approximate surface area is 338 Å². The Kier molecular flexibility index (Phi) is 21.5. The van der Waals surface area contributed by atoms with Gasteiger partial charge in [-0.25, -0.2) is 0 Å². The van der Waals surface area contributed by atoms with E-state index in [1.54, 1.807) is 60.7 Å². The summed E-state index contributed by atoms with van der Waals surface area (Å²) in [7, 11) is 2.71. The molecule has 0 saturated heterocycles. The van der Waals surface area contributed by atoms with E-state index in [1.807, 2.05) is 37.3 Å². The van der Waals surface area contributed by atoms with E-state index in [4.69, 9.17) is 78.1 Å². The Morgan fingerprint density at radius 1 is 0.397 bits per heavy atom. The van der Waals surface area contributed by atoms with Crippen LogP contribution in [-0.2, 0) is 0 Å². The van der Waals surface area contributed by atoms with Crippen molar-refractivity contribution in [2.75, 3.05) is 49.3 Å². The van der Waals surface area contributed by atoms with Gasteiger partial charge in [0.25, 0.3) is 0 Å². The van der Waals surface area contributed by atoms with Gasteiger partial charge >= 0.3 is 28.5 Å². The first-order valence-electron chi connectivity index (χ1n) is 17.4. The van der Waals surface area contributed by atoms with Crippen molar-refractivity contribution in [3.8, 4) is 51.7 Å². The number of ether oxygens (including phenoxy) is 8. The van der Waals surface area contributed by atoms with Gasteiger partial charge in [0, 0.05) is 12.1 Å². The molecule has 0 saturated carbocycles. The third-order valence-corrected chi connectivity index (χ3v) is 7.64. The van der Waals surface area contributed by atoms with Gasteiger partial charge in [-0.1, -0.05) is 42.5 Å². The monoisotopic (exact) mass is 804 g/mol. The molecule has 0 aliphatic heterocycles. The van der Waals surface area contributed by atoms with Crippen molar-refractivity contribution in [1.82, 2.24) is 0 Å². The van der Waals surface area contributed by atoms with Gasteiger partial charge in [-0.05, 0) is 71.8 Å². The van der Waals surface area contributed by atoms with Crippen molar-refractivity contribution in [2.24, 2.45) is 0 Å². The zero-order valence-electron chi connectivity index (χ0n) is 33.2. The zero-order valence-corrected chi connectivity index (χ0v) is 33.2. The predicted molar refractivity (Wildman–Crippen MR) is 222 cm³/mol. The van der Waals surface area contributed by atoms with Gasteiger partial charge in [-0.3, -0.25) is 0 Å². The number of rotatable bonds is 14. The van der Waals surface area contributed by atoms with E-state index >= 15 is 0 Å². The first-order valence-corrected chi connectivity index (χ1v) is 17.4. The van der Waals surface area contributed by atoms with Gasteiger partial charge in [-0.2, -0.15) is 0 Å². The lowest BCUT2D eigenvalue weighted by atomic mass is 9.78. The van der Waals surface area contributed by atoms with Crippen LogP contribution in [0.15, 0.2) is 103 Å².